The van der Waals surface area contributed by atoms with Gasteiger partial charge in [0.25, 0.3) is 0 Å². The summed E-state index contributed by atoms with van der Waals surface area (Å²) in [5.41, 5.74) is 2.50. The van der Waals surface area contributed by atoms with Gasteiger partial charge < -0.3 is 4.84 Å². The Hall–Kier alpha value is -2.06. The fraction of sp³-hybridized carbons (Fsp3) is 0.125. The third kappa shape index (κ3) is 2.29. The zero-order valence-corrected chi connectivity index (χ0v) is 10.1. The van der Waals surface area contributed by atoms with Crippen molar-refractivity contribution in [3.63, 3.8) is 0 Å². The van der Waals surface area contributed by atoms with Crippen LogP contribution in [0.5, 0.6) is 0 Å². The molecule has 2 aromatic carbocycles. The lowest BCUT2D eigenvalue weighted by Gasteiger charge is -2.22. The lowest BCUT2D eigenvalue weighted by Crippen LogP contribution is -2.21. The van der Waals surface area contributed by atoms with Crippen molar-refractivity contribution in [3.05, 3.63) is 84.1 Å². The van der Waals surface area contributed by atoms with Crippen LogP contribution >= 0.6 is 0 Å². The molecule has 0 aliphatic carbocycles. The number of benzene rings is 2. The molecule has 18 heavy (non-hydrogen) atoms. The Morgan fingerprint density at radius 3 is 2.28 bits per heavy atom. The van der Waals surface area contributed by atoms with Crippen LogP contribution in [-0.4, -0.2) is 5.06 Å². The molecular weight excluding hydrogens is 222 g/mol. The molecule has 2 nitrogen and oxygen atoms in total. The van der Waals surface area contributed by atoms with Crippen molar-refractivity contribution >= 4 is 0 Å². The first-order valence-electron chi connectivity index (χ1n) is 6.12. The van der Waals surface area contributed by atoms with E-state index in [-0.39, 0.29) is 6.04 Å². The highest BCUT2D eigenvalue weighted by Gasteiger charge is 2.23. The molecule has 1 aliphatic rings. The number of hydrogen-bond donors (Lipinski definition) is 0. The van der Waals surface area contributed by atoms with Gasteiger partial charge in [0.15, 0.2) is 0 Å². The summed E-state index contributed by atoms with van der Waals surface area (Å²) < 4.78 is 0. The van der Waals surface area contributed by atoms with Gasteiger partial charge in [0.2, 0.25) is 0 Å². The van der Waals surface area contributed by atoms with Crippen LogP contribution in [0.3, 0.4) is 0 Å². The second-order valence-electron chi connectivity index (χ2n) is 4.35. The van der Waals surface area contributed by atoms with Crippen LogP contribution in [0.4, 0.5) is 0 Å². The number of hydroxylamine groups is 2. The van der Waals surface area contributed by atoms with Gasteiger partial charge in [0, 0.05) is 0 Å². The molecule has 0 spiro atoms. The van der Waals surface area contributed by atoms with Crippen LogP contribution in [0.15, 0.2) is 73.0 Å². The predicted octanol–water partition coefficient (Wildman–Crippen LogP) is 3.69. The maximum Gasteiger partial charge on any atom is 0.109 e. The summed E-state index contributed by atoms with van der Waals surface area (Å²) in [6.07, 6.45) is 3.85. The van der Waals surface area contributed by atoms with Gasteiger partial charge >= 0.3 is 0 Å². The van der Waals surface area contributed by atoms with Gasteiger partial charge in [-0.25, -0.2) is 0 Å². The lowest BCUT2D eigenvalue weighted by atomic mass is 10.1. The summed E-state index contributed by atoms with van der Waals surface area (Å²) in [6.45, 7) is 0.785. The van der Waals surface area contributed by atoms with E-state index in [0.29, 0.717) is 0 Å². The molecule has 1 atom stereocenters. The van der Waals surface area contributed by atoms with Crippen LogP contribution in [0.25, 0.3) is 0 Å². The molecule has 0 N–H and O–H groups in total. The second-order valence-corrected chi connectivity index (χ2v) is 4.35. The number of nitrogens with zero attached hydrogens (tertiary/aromatic N) is 1. The summed E-state index contributed by atoms with van der Waals surface area (Å²) in [5.74, 6) is 0. The van der Waals surface area contributed by atoms with Gasteiger partial charge in [0.1, 0.15) is 6.26 Å². The SMILES string of the molecule is C1=CC(c2ccccc2)N(Cc2ccccc2)O1. The van der Waals surface area contributed by atoms with E-state index in [1.54, 1.807) is 6.26 Å². The first-order valence-corrected chi connectivity index (χ1v) is 6.12. The molecule has 1 aliphatic heterocycles. The summed E-state index contributed by atoms with van der Waals surface area (Å²) in [6, 6.07) is 21.0. The molecule has 0 amide bonds. The van der Waals surface area contributed by atoms with Crippen LogP contribution in [0.2, 0.25) is 0 Å². The van der Waals surface area contributed by atoms with Crippen LogP contribution in [-0.2, 0) is 11.4 Å². The van der Waals surface area contributed by atoms with Crippen molar-refractivity contribution in [2.45, 2.75) is 12.6 Å². The zero-order valence-electron chi connectivity index (χ0n) is 10.1. The third-order valence-corrected chi connectivity index (χ3v) is 3.09. The maximum atomic E-state index is 5.58. The highest BCUT2D eigenvalue weighted by Crippen LogP contribution is 2.28. The summed E-state index contributed by atoms with van der Waals surface area (Å²) in [5, 5.41) is 1.99. The highest BCUT2D eigenvalue weighted by atomic mass is 16.7. The van der Waals surface area contributed by atoms with Gasteiger partial charge in [-0.15, -0.1) is 5.06 Å². The number of hydrogen-bond acceptors (Lipinski definition) is 2. The average molecular weight is 237 g/mol. The van der Waals surface area contributed by atoms with Crippen LogP contribution in [0, 0.1) is 0 Å². The zero-order chi connectivity index (χ0) is 12.2. The Bertz CT molecular complexity index is 521. The Labute approximate surface area is 107 Å². The van der Waals surface area contributed by atoms with E-state index < -0.39 is 0 Å². The quantitative estimate of drug-likeness (QED) is 0.807. The Kier molecular flexibility index (Phi) is 3.11. The number of rotatable bonds is 3. The maximum absolute atomic E-state index is 5.58. The predicted molar refractivity (Wildman–Crippen MR) is 71.4 cm³/mol. The van der Waals surface area contributed by atoms with Gasteiger partial charge in [-0.2, -0.15) is 0 Å². The molecule has 1 unspecified atom stereocenters. The van der Waals surface area contributed by atoms with E-state index in [2.05, 4.69) is 54.6 Å². The van der Waals surface area contributed by atoms with Gasteiger partial charge in [-0.1, -0.05) is 60.7 Å². The van der Waals surface area contributed by atoms with Gasteiger partial charge in [-0.05, 0) is 17.2 Å². The van der Waals surface area contributed by atoms with E-state index in [4.69, 9.17) is 4.84 Å². The largest absolute Gasteiger partial charge is 0.413 e. The molecule has 0 aromatic heterocycles. The molecule has 0 saturated heterocycles. The molecule has 0 bridgehead atoms. The molecular formula is C16H15NO. The molecule has 0 saturated carbocycles. The van der Waals surface area contributed by atoms with E-state index in [1.165, 1.54) is 11.1 Å². The molecule has 2 aromatic rings. The molecule has 0 radical (unpaired) electrons. The standard InChI is InChI=1S/C16H15NO/c1-3-7-14(8-4-1)13-17-16(11-12-18-17)15-9-5-2-6-10-15/h1-12,16H,13H2. The summed E-state index contributed by atoms with van der Waals surface area (Å²) >= 11 is 0. The fourth-order valence-electron chi connectivity index (χ4n) is 2.18. The van der Waals surface area contributed by atoms with E-state index in [0.717, 1.165) is 6.54 Å². The molecule has 1 heterocycles. The van der Waals surface area contributed by atoms with Crippen molar-refractivity contribution < 1.29 is 4.84 Å². The Morgan fingerprint density at radius 1 is 0.889 bits per heavy atom. The smallest absolute Gasteiger partial charge is 0.109 e. The summed E-state index contributed by atoms with van der Waals surface area (Å²) in [4.78, 5) is 5.58. The highest BCUT2D eigenvalue weighted by molar-refractivity contribution is 5.24. The lowest BCUT2D eigenvalue weighted by molar-refractivity contribution is -0.113. The molecule has 3 rings (SSSR count). The third-order valence-electron chi connectivity index (χ3n) is 3.09. The van der Waals surface area contributed by atoms with Crippen molar-refractivity contribution in [1.29, 1.82) is 0 Å². The van der Waals surface area contributed by atoms with E-state index in [9.17, 15) is 0 Å². The first kappa shape index (κ1) is 11.1. The van der Waals surface area contributed by atoms with Crippen molar-refractivity contribution in [2.75, 3.05) is 0 Å². The first-order chi connectivity index (χ1) is 8.93. The Balaban J connectivity index is 1.77. The Morgan fingerprint density at radius 2 is 1.56 bits per heavy atom. The van der Waals surface area contributed by atoms with Crippen LogP contribution < -0.4 is 0 Å². The monoisotopic (exact) mass is 237 g/mol. The minimum absolute atomic E-state index is 0.200. The molecule has 2 heteroatoms. The van der Waals surface area contributed by atoms with Crippen molar-refractivity contribution in [2.24, 2.45) is 0 Å². The molecule has 0 fully saturated rings. The minimum atomic E-state index is 0.200. The van der Waals surface area contributed by atoms with Gasteiger partial charge in [-0.3, -0.25) is 0 Å². The summed E-state index contributed by atoms with van der Waals surface area (Å²) in [7, 11) is 0. The minimum Gasteiger partial charge on any atom is -0.413 e. The van der Waals surface area contributed by atoms with E-state index in [1.807, 2.05) is 17.2 Å². The fourth-order valence-corrected chi connectivity index (χ4v) is 2.18. The van der Waals surface area contributed by atoms with Gasteiger partial charge in [0.05, 0.1) is 12.6 Å². The van der Waals surface area contributed by atoms with Crippen molar-refractivity contribution in [1.82, 2.24) is 5.06 Å². The second kappa shape index (κ2) is 5.07. The topological polar surface area (TPSA) is 12.5 Å². The van der Waals surface area contributed by atoms with Crippen molar-refractivity contribution in [3.8, 4) is 0 Å². The average Bonchev–Trinajstić information content (AvgIpc) is 2.89. The van der Waals surface area contributed by atoms with Crippen LogP contribution in [0.1, 0.15) is 17.2 Å². The normalized spacial score (nSPS) is 18.8. The van der Waals surface area contributed by atoms with E-state index >= 15 is 0 Å². The molecule has 90 valence electrons.